The highest BCUT2D eigenvalue weighted by molar-refractivity contribution is 7.16. The number of nitro groups is 1. The molecule has 30 heavy (non-hydrogen) atoms. The standard InChI is InChI=1S/C21H21N3O5S/c1-3-29-17-8-9-18-19(14-17)30-21(23(18)11-12-28-2)22-20(25)10-7-15-5-4-6-16(13-15)24(26)27/h4-10,13-14H,3,11-12H2,1-2H3/b10-7+,22-21?. The van der Waals surface area contributed by atoms with Crippen molar-refractivity contribution in [2.75, 3.05) is 20.3 Å². The number of nitrogens with zero attached hydrogens (tertiary/aromatic N) is 3. The summed E-state index contributed by atoms with van der Waals surface area (Å²) in [6, 6.07) is 11.8. The van der Waals surface area contributed by atoms with Crippen molar-refractivity contribution in [2.24, 2.45) is 4.99 Å². The number of aromatic nitrogens is 1. The highest BCUT2D eigenvalue weighted by atomic mass is 32.1. The number of rotatable bonds is 8. The van der Waals surface area contributed by atoms with Crippen molar-refractivity contribution in [1.82, 2.24) is 4.57 Å². The molecule has 0 saturated carbocycles. The maximum Gasteiger partial charge on any atom is 0.272 e. The van der Waals surface area contributed by atoms with Crippen LogP contribution >= 0.6 is 11.3 Å². The molecule has 156 valence electrons. The molecule has 0 spiro atoms. The first-order valence-corrected chi connectivity index (χ1v) is 10.1. The van der Waals surface area contributed by atoms with E-state index in [2.05, 4.69) is 4.99 Å². The molecule has 8 nitrogen and oxygen atoms in total. The molecule has 0 aliphatic carbocycles. The molecule has 0 fully saturated rings. The van der Waals surface area contributed by atoms with Gasteiger partial charge in [0.25, 0.3) is 11.6 Å². The number of benzene rings is 2. The quantitative estimate of drug-likeness (QED) is 0.310. The number of ether oxygens (including phenoxy) is 2. The number of hydrogen-bond donors (Lipinski definition) is 0. The number of non-ortho nitro benzene ring substituents is 1. The SMILES string of the molecule is CCOc1ccc2c(c1)sc(=NC(=O)/C=C/c1cccc([N+](=O)[O-])c1)n2CCOC. The highest BCUT2D eigenvalue weighted by Gasteiger charge is 2.09. The average Bonchev–Trinajstić information content (AvgIpc) is 3.07. The van der Waals surface area contributed by atoms with Crippen molar-refractivity contribution < 1.29 is 19.2 Å². The van der Waals surface area contributed by atoms with E-state index >= 15 is 0 Å². The lowest BCUT2D eigenvalue weighted by molar-refractivity contribution is -0.384. The van der Waals surface area contributed by atoms with Crippen LogP contribution in [0.5, 0.6) is 5.75 Å². The van der Waals surface area contributed by atoms with Crippen molar-refractivity contribution in [3.05, 3.63) is 69.0 Å². The van der Waals surface area contributed by atoms with Crippen LogP contribution in [-0.4, -0.2) is 35.7 Å². The number of thiazole rings is 1. The monoisotopic (exact) mass is 427 g/mol. The molecule has 1 aromatic heterocycles. The summed E-state index contributed by atoms with van der Waals surface area (Å²) in [5, 5.41) is 10.9. The maximum absolute atomic E-state index is 12.4. The van der Waals surface area contributed by atoms with E-state index in [0.717, 1.165) is 16.0 Å². The van der Waals surface area contributed by atoms with Gasteiger partial charge in [0.05, 0.1) is 28.4 Å². The lowest BCUT2D eigenvalue weighted by atomic mass is 10.2. The van der Waals surface area contributed by atoms with E-state index in [0.29, 0.717) is 30.1 Å². The number of methoxy groups -OCH3 is 1. The lowest BCUT2D eigenvalue weighted by Crippen LogP contribution is -2.18. The summed E-state index contributed by atoms with van der Waals surface area (Å²) in [6.45, 7) is 3.51. The molecule has 9 heteroatoms. The minimum Gasteiger partial charge on any atom is -0.494 e. The lowest BCUT2D eigenvalue weighted by Gasteiger charge is -2.05. The Labute approximate surface area is 176 Å². The van der Waals surface area contributed by atoms with E-state index < -0.39 is 10.8 Å². The zero-order chi connectivity index (χ0) is 21.5. The van der Waals surface area contributed by atoms with Crippen molar-refractivity contribution in [2.45, 2.75) is 13.5 Å². The highest BCUT2D eigenvalue weighted by Crippen LogP contribution is 2.23. The predicted molar refractivity (Wildman–Crippen MR) is 116 cm³/mol. The fourth-order valence-corrected chi connectivity index (χ4v) is 3.93. The summed E-state index contributed by atoms with van der Waals surface area (Å²) in [7, 11) is 1.62. The minimum absolute atomic E-state index is 0.0337. The first-order valence-electron chi connectivity index (χ1n) is 9.28. The van der Waals surface area contributed by atoms with Crippen LogP contribution in [0.4, 0.5) is 5.69 Å². The summed E-state index contributed by atoms with van der Waals surface area (Å²) in [4.78, 5) is 27.6. The zero-order valence-electron chi connectivity index (χ0n) is 16.6. The number of carbonyl (C=O) groups excluding carboxylic acids is 1. The second-order valence-electron chi connectivity index (χ2n) is 6.23. The summed E-state index contributed by atoms with van der Waals surface area (Å²) < 4.78 is 13.6. The molecule has 2 aromatic carbocycles. The summed E-state index contributed by atoms with van der Waals surface area (Å²) in [5.41, 5.74) is 1.46. The molecule has 0 aliphatic heterocycles. The van der Waals surface area contributed by atoms with Crippen LogP contribution in [0.3, 0.4) is 0 Å². The zero-order valence-corrected chi connectivity index (χ0v) is 17.4. The van der Waals surface area contributed by atoms with Gasteiger partial charge in [0.2, 0.25) is 0 Å². The number of carbonyl (C=O) groups is 1. The van der Waals surface area contributed by atoms with Crippen molar-refractivity contribution >= 4 is 39.2 Å². The molecule has 0 atom stereocenters. The molecule has 3 aromatic rings. The van der Waals surface area contributed by atoms with Crippen LogP contribution in [0.2, 0.25) is 0 Å². The van der Waals surface area contributed by atoms with Crippen molar-refractivity contribution in [1.29, 1.82) is 0 Å². The summed E-state index contributed by atoms with van der Waals surface area (Å²) in [5.74, 6) is 0.304. The molecular weight excluding hydrogens is 406 g/mol. The number of nitro benzene ring substituents is 1. The molecular formula is C21H21N3O5S. The van der Waals surface area contributed by atoms with Crippen LogP contribution < -0.4 is 9.54 Å². The van der Waals surface area contributed by atoms with Crippen molar-refractivity contribution in [3.63, 3.8) is 0 Å². The molecule has 0 saturated heterocycles. The first kappa shape index (κ1) is 21.4. The number of fused-ring (bicyclic) bond motifs is 1. The number of amides is 1. The third-order valence-electron chi connectivity index (χ3n) is 4.19. The van der Waals surface area contributed by atoms with Gasteiger partial charge in [-0.15, -0.1) is 0 Å². The van der Waals surface area contributed by atoms with Gasteiger partial charge in [0.1, 0.15) is 5.75 Å². The largest absolute Gasteiger partial charge is 0.494 e. The Bertz CT molecular complexity index is 1160. The fraction of sp³-hybridized carbons (Fsp3) is 0.238. The van der Waals surface area contributed by atoms with Gasteiger partial charge in [-0.05, 0) is 36.8 Å². The number of hydrogen-bond acceptors (Lipinski definition) is 6. The summed E-state index contributed by atoms with van der Waals surface area (Å²) in [6.07, 6.45) is 2.81. The van der Waals surface area contributed by atoms with Gasteiger partial charge in [-0.3, -0.25) is 14.9 Å². The summed E-state index contributed by atoms with van der Waals surface area (Å²) >= 11 is 1.39. The van der Waals surface area contributed by atoms with Gasteiger partial charge < -0.3 is 14.0 Å². The van der Waals surface area contributed by atoms with Gasteiger partial charge in [0, 0.05) is 31.9 Å². The Morgan fingerprint density at radius 1 is 1.30 bits per heavy atom. The smallest absolute Gasteiger partial charge is 0.272 e. The Morgan fingerprint density at radius 3 is 2.87 bits per heavy atom. The molecule has 3 rings (SSSR count). The van der Waals surface area contributed by atoms with Gasteiger partial charge >= 0.3 is 0 Å². The van der Waals surface area contributed by atoms with E-state index in [9.17, 15) is 14.9 Å². The third-order valence-corrected chi connectivity index (χ3v) is 5.23. The predicted octanol–water partition coefficient (Wildman–Crippen LogP) is 3.80. The molecule has 0 radical (unpaired) electrons. The van der Waals surface area contributed by atoms with Crippen LogP contribution in [0, 0.1) is 10.1 Å². The molecule has 1 amide bonds. The van der Waals surface area contributed by atoms with Crippen LogP contribution in [-0.2, 0) is 16.1 Å². The van der Waals surface area contributed by atoms with Crippen LogP contribution in [0.25, 0.3) is 16.3 Å². The normalized spacial score (nSPS) is 12.0. The third kappa shape index (κ3) is 5.19. The fourth-order valence-electron chi connectivity index (χ4n) is 2.84. The van der Waals surface area contributed by atoms with Gasteiger partial charge in [-0.25, -0.2) is 0 Å². The van der Waals surface area contributed by atoms with Crippen molar-refractivity contribution in [3.8, 4) is 5.75 Å². The second-order valence-corrected chi connectivity index (χ2v) is 7.24. The van der Waals surface area contributed by atoms with E-state index in [1.165, 1.54) is 35.6 Å². The van der Waals surface area contributed by atoms with E-state index in [4.69, 9.17) is 9.47 Å². The Balaban J connectivity index is 1.93. The van der Waals surface area contributed by atoms with E-state index in [1.807, 2.05) is 29.7 Å². The van der Waals surface area contributed by atoms with E-state index in [1.54, 1.807) is 19.2 Å². The second kappa shape index (κ2) is 9.95. The first-order chi connectivity index (χ1) is 14.5. The van der Waals surface area contributed by atoms with Gasteiger partial charge in [-0.1, -0.05) is 23.5 Å². The molecule has 0 unspecified atom stereocenters. The topological polar surface area (TPSA) is 96.0 Å². The molecule has 1 heterocycles. The van der Waals surface area contributed by atoms with Gasteiger partial charge in [0.15, 0.2) is 4.80 Å². The Hall–Kier alpha value is -3.30. The van der Waals surface area contributed by atoms with Crippen LogP contribution in [0.1, 0.15) is 12.5 Å². The van der Waals surface area contributed by atoms with Gasteiger partial charge in [-0.2, -0.15) is 4.99 Å². The maximum atomic E-state index is 12.4. The average molecular weight is 427 g/mol. The van der Waals surface area contributed by atoms with E-state index in [-0.39, 0.29) is 5.69 Å². The van der Waals surface area contributed by atoms with Crippen LogP contribution in [0.15, 0.2) is 53.5 Å². The Morgan fingerprint density at radius 2 is 2.13 bits per heavy atom. The molecule has 0 N–H and O–H groups in total. The Kier molecular flexibility index (Phi) is 7.10. The minimum atomic E-state index is -0.476. The molecule has 0 aliphatic rings. The molecule has 0 bridgehead atoms.